The van der Waals surface area contributed by atoms with Crippen LogP contribution in [0.5, 0.6) is 23.0 Å². The molecule has 0 saturated heterocycles. The van der Waals surface area contributed by atoms with Crippen molar-refractivity contribution in [1.82, 2.24) is 0 Å². The van der Waals surface area contributed by atoms with E-state index >= 15 is 0 Å². The van der Waals surface area contributed by atoms with Crippen LogP contribution in [-0.4, -0.2) is 51.7 Å². The average molecular weight is 504 g/mol. The number of alkyl halides is 1. The average Bonchev–Trinajstić information content (AvgIpc) is 2.74. The van der Waals surface area contributed by atoms with Crippen molar-refractivity contribution in [3.63, 3.8) is 0 Å². The molecule has 0 aliphatic rings. The highest BCUT2D eigenvalue weighted by Crippen LogP contribution is 2.49. The molecular formula is C23H35ClNO7P. The maximum Gasteiger partial charge on any atom is 0.332 e. The Morgan fingerprint density at radius 2 is 1.30 bits per heavy atom. The molecule has 0 saturated carbocycles. The number of hydrogen-bond donors (Lipinski definition) is 5. The molecule has 10 heteroatoms. The summed E-state index contributed by atoms with van der Waals surface area (Å²) in [6, 6.07) is 6.13. The molecule has 0 aliphatic heterocycles. The third-order valence-corrected chi connectivity index (χ3v) is 7.65. The van der Waals surface area contributed by atoms with E-state index in [1.807, 2.05) is 0 Å². The number of hydrogen-bond acceptors (Lipinski definition) is 8. The highest BCUT2D eigenvalue weighted by Gasteiger charge is 2.25. The minimum atomic E-state index is -2.91. The van der Waals surface area contributed by atoms with Gasteiger partial charge in [0.1, 0.15) is 23.0 Å². The van der Waals surface area contributed by atoms with Crippen molar-refractivity contribution in [2.45, 2.75) is 45.9 Å². The Morgan fingerprint density at radius 3 is 1.61 bits per heavy atom. The normalized spacial score (nSPS) is 12.4. The Labute approximate surface area is 200 Å². The van der Waals surface area contributed by atoms with Crippen molar-refractivity contribution >= 4 is 19.2 Å². The maximum absolute atomic E-state index is 11.7. The van der Waals surface area contributed by atoms with Crippen molar-refractivity contribution in [3.8, 4) is 23.0 Å². The Balaban J connectivity index is 0.000000389. The molecule has 2 aromatic rings. The fourth-order valence-corrected chi connectivity index (χ4v) is 5.44. The second-order valence-corrected chi connectivity index (χ2v) is 10.3. The lowest BCUT2D eigenvalue weighted by atomic mass is 9.87. The van der Waals surface area contributed by atoms with Crippen LogP contribution in [0.4, 0.5) is 0 Å². The number of aromatic hydroxyl groups is 4. The molecule has 0 aromatic heterocycles. The van der Waals surface area contributed by atoms with Crippen LogP contribution in [0.25, 0.3) is 0 Å². The van der Waals surface area contributed by atoms with Crippen LogP contribution < -0.4 is 5.73 Å². The molecule has 6 N–H and O–H groups in total. The summed E-state index contributed by atoms with van der Waals surface area (Å²) >= 11 is 5.70. The van der Waals surface area contributed by atoms with Gasteiger partial charge in [-0.25, -0.2) is 0 Å². The SMILES string of the molecule is CCOP(=O)(CC(C)Cl)OCC.Cc1c(O)ccc(C(CN)c2ccc(O)c(C)c2O)c1O. The van der Waals surface area contributed by atoms with E-state index in [0.717, 1.165) is 0 Å². The van der Waals surface area contributed by atoms with Crippen LogP contribution in [0.1, 0.15) is 48.9 Å². The van der Waals surface area contributed by atoms with Gasteiger partial charge in [-0.2, -0.15) is 0 Å². The first kappa shape index (κ1) is 29.1. The Bertz CT molecular complexity index is 901. The Morgan fingerprint density at radius 1 is 0.909 bits per heavy atom. The summed E-state index contributed by atoms with van der Waals surface area (Å²) in [4.78, 5) is 0. The fourth-order valence-electron chi connectivity index (χ4n) is 3.25. The third-order valence-electron chi connectivity index (χ3n) is 4.98. The molecule has 1 unspecified atom stereocenters. The van der Waals surface area contributed by atoms with Crippen molar-refractivity contribution in [2.75, 3.05) is 25.9 Å². The zero-order valence-electron chi connectivity index (χ0n) is 19.7. The number of rotatable bonds is 9. The number of phenolic OH excluding ortho intramolecular Hbond substituents is 4. The number of phenols is 4. The van der Waals surface area contributed by atoms with Crippen LogP contribution in [0.15, 0.2) is 24.3 Å². The molecule has 33 heavy (non-hydrogen) atoms. The first-order valence-electron chi connectivity index (χ1n) is 10.7. The van der Waals surface area contributed by atoms with Crippen LogP contribution in [0, 0.1) is 13.8 Å². The summed E-state index contributed by atoms with van der Waals surface area (Å²) < 4.78 is 21.8. The van der Waals surface area contributed by atoms with Crippen molar-refractivity contribution in [3.05, 3.63) is 46.5 Å². The number of nitrogens with two attached hydrogens (primary N) is 1. The van der Waals surface area contributed by atoms with Crippen LogP contribution in [0.3, 0.4) is 0 Å². The summed E-state index contributed by atoms with van der Waals surface area (Å²) in [6.45, 7) is 9.48. The maximum atomic E-state index is 11.7. The van der Waals surface area contributed by atoms with E-state index in [9.17, 15) is 25.0 Å². The van der Waals surface area contributed by atoms with Gasteiger partial charge in [0.05, 0.1) is 19.4 Å². The van der Waals surface area contributed by atoms with E-state index in [1.165, 1.54) is 12.1 Å². The van der Waals surface area contributed by atoms with E-state index in [2.05, 4.69) is 0 Å². The second-order valence-electron chi connectivity index (χ2n) is 7.49. The van der Waals surface area contributed by atoms with Gasteiger partial charge in [0.2, 0.25) is 0 Å². The third kappa shape index (κ3) is 7.80. The molecule has 1 atom stereocenters. The minimum absolute atomic E-state index is 0.00173. The van der Waals surface area contributed by atoms with Gasteiger partial charge in [-0.3, -0.25) is 4.57 Å². The molecule has 0 spiro atoms. The molecular weight excluding hydrogens is 469 g/mol. The Hall–Kier alpha value is -1.96. The van der Waals surface area contributed by atoms with Gasteiger partial charge in [0.15, 0.2) is 0 Å². The molecule has 8 nitrogen and oxygen atoms in total. The van der Waals surface area contributed by atoms with E-state index in [-0.39, 0.29) is 41.1 Å². The molecule has 0 heterocycles. The van der Waals surface area contributed by atoms with Gasteiger partial charge >= 0.3 is 7.60 Å². The zero-order chi connectivity index (χ0) is 25.3. The summed E-state index contributed by atoms with van der Waals surface area (Å²) in [6.07, 6.45) is 0.274. The summed E-state index contributed by atoms with van der Waals surface area (Å²) in [5.74, 6) is -0.536. The number of benzene rings is 2. The van der Waals surface area contributed by atoms with Gasteiger partial charge < -0.3 is 35.2 Å². The van der Waals surface area contributed by atoms with Crippen molar-refractivity contribution in [1.29, 1.82) is 0 Å². The summed E-state index contributed by atoms with van der Waals surface area (Å²) in [7, 11) is -2.91. The van der Waals surface area contributed by atoms with Gasteiger partial charge in [0, 0.05) is 40.1 Å². The molecule has 186 valence electrons. The van der Waals surface area contributed by atoms with E-state index in [4.69, 9.17) is 26.4 Å². The van der Waals surface area contributed by atoms with Crippen molar-refractivity contribution < 1.29 is 34.0 Å². The molecule has 0 aliphatic carbocycles. The predicted octanol–water partition coefficient (Wildman–Crippen LogP) is 5.10. The van der Waals surface area contributed by atoms with Gasteiger partial charge in [0.25, 0.3) is 0 Å². The largest absolute Gasteiger partial charge is 0.508 e. The molecule has 0 radical (unpaired) electrons. The Kier molecular flexibility index (Phi) is 11.5. The van der Waals surface area contributed by atoms with Gasteiger partial charge in [-0.05, 0) is 46.8 Å². The van der Waals surface area contributed by atoms with Crippen LogP contribution >= 0.6 is 19.2 Å². The molecule has 2 rings (SSSR count). The van der Waals surface area contributed by atoms with Gasteiger partial charge in [-0.15, -0.1) is 11.6 Å². The standard InChI is InChI=1S/C16H19NO4.C7H16ClO3P/c1-8-13(18)5-3-10(15(8)20)12(7-17)11-4-6-14(19)9(2)16(11)21;1-4-10-12(9,11-5-2)6-7(3)8/h3-6,12,18-21H,7,17H2,1-2H3;7H,4-6H2,1-3H3. The highest BCUT2D eigenvalue weighted by molar-refractivity contribution is 7.54. The molecule has 0 amide bonds. The fraction of sp³-hybridized carbons (Fsp3) is 0.478. The first-order chi connectivity index (χ1) is 15.4. The molecule has 0 fully saturated rings. The first-order valence-corrected chi connectivity index (χ1v) is 12.8. The van der Waals surface area contributed by atoms with E-state index in [1.54, 1.807) is 46.8 Å². The zero-order valence-corrected chi connectivity index (χ0v) is 21.4. The van der Waals surface area contributed by atoms with Crippen molar-refractivity contribution in [2.24, 2.45) is 5.73 Å². The number of halogens is 1. The van der Waals surface area contributed by atoms with Gasteiger partial charge in [-0.1, -0.05) is 12.1 Å². The molecule has 0 bridgehead atoms. The highest BCUT2D eigenvalue weighted by atomic mass is 35.5. The predicted molar refractivity (Wildman–Crippen MR) is 131 cm³/mol. The lowest BCUT2D eigenvalue weighted by Gasteiger charge is -2.20. The lowest BCUT2D eigenvalue weighted by Crippen LogP contribution is -2.14. The quantitative estimate of drug-likeness (QED) is 0.235. The second kappa shape index (κ2) is 13.1. The van der Waals surface area contributed by atoms with Crippen LogP contribution in [0.2, 0.25) is 0 Å². The lowest BCUT2D eigenvalue weighted by molar-refractivity contribution is 0.220. The monoisotopic (exact) mass is 503 g/mol. The molecule has 2 aromatic carbocycles. The summed E-state index contributed by atoms with van der Waals surface area (Å²) in [5, 5.41) is 39.5. The minimum Gasteiger partial charge on any atom is -0.508 e. The van der Waals surface area contributed by atoms with Crippen LogP contribution in [-0.2, 0) is 13.6 Å². The van der Waals surface area contributed by atoms with E-state index in [0.29, 0.717) is 35.5 Å². The van der Waals surface area contributed by atoms with E-state index < -0.39 is 13.5 Å². The topological polar surface area (TPSA) is 142 Å². The summed E-state index contributed by atoms with van der Waals surface area (Å²) in [5.41, 5.74) is 7.57. The smallest absolute Gasteiger partial charge is 0.332 e.